The van der Waals surface area contributed by atoms with Gasteiger partial charge < -0.3 is 19.5 Å². The predicted octanol–water partition coefficient (Wildman–Crippen LogP) is 3.02. The molecule has 34 heavy (non-hydrogen) atoms. The van der Waals surface area contributed by atoms with Gasteiger partial charge in [-0.1, -0.05) is 18.5 Å². The number of rotatable bonds is 7. The van der Waals surface area contributed by atoms with Crippen LogP contribution in [0.1, 0.15) is 19.8 Å². The summed E-state index contributed by atoms with van der Waals surface area (Å²) in [5.74, 6) is 1.41. The average molecular weight is 487 g/mol. The van der Waals surface area contributed by atoms with Gasteiger partial charge in [-0.25, -0.2) is 10.5 Å². The zero-order valence-corrected chi connectivity index (χ0v) is 20.1. The van der Waals surface area contributed by atoms with E-state index in [0.29, 0.717) is 28.2 Å². The molecule has 1 aliphatic heterocycles. The van der Waals surface area contributed by atoms with E-state index in [4.69, 9.17) is 16.3 Å². The summed E-state index contributed by atoms with van der Waals surface area (Å²) in [6.07, 6.45) is 3.82. The Hall–Kier alpha value is -3.37. The number of aromatic nitrogens is 3. The van der Waals surface area contributed by atoms with Crippen molar-refractivity contribution in [1.82, 2.24) is 20.0 Å². The summed E-state index contributed by atoms with van der Waals surface area (Å²) in [5, 5.41) is 4.40. The van der Waals surface area contributed by atoms with Crippen molar-refractivity contribution >= 4 is 45.9 Å². The molecule has 3 heterocycles. The third-order valence-corrected chi connectivity index (χ3v) is 6.10. The maximum absolute atomic E-state index is 12.6. The number of hydrogen-bond donors (Lipinski definition) is 2. The Morgan fingerprint density at radius 3 is 2.76 bits per heavy atom. The molecule has 10 nitrogen and oxygen atoms in total. The molecule has 1 fully saturated rings. The van der Waals surface area contributed by atoms with Gasteiger partial charge in [0.15, 0.2) is 18.2 Å². The minimum Gasteiger partial charge on any atom is -0.478 e. The van der Waals surface area contributed by atoms with E-state index in [2.05, 4.69) is 37.4 Å². The molecule has 11 heteroatoms. The summed E-state index contributed by atoms with van der Waals surface area (Å²) in [7, 11) is 2.97. The van der Waals surface area contributed by atoms with Crippen LogP contribution in [-0.2, 0) is 16.7 Å². The number of nitrogens with zero attached hydrogens (tertiary/aromatic N) is 4. The van der Waals surface area contributed by atoms with Crippen LogP contribution < -0.4 is 26.0 Å². The monoisotopic (exact) mass is 486 g/mol. The topological polar surface area (TPSA) is 111 Å². The molecule has 1 saturated heterocycles. The summed E-state index contributed by atoms with van der Waals surface area (Å²) < 4.78 is 6.88. The number of fused-ring (bicyclic) bond motifs is 1. The number of halogens is 1. The number of hydrogen-bond acceptors (Lipinski definition) is 8. The van der Waals surface area contributed by atoms with Crippen LogP contribution in [0.2, 0.25) is 5.02 Å². The number of aryl methyl sites for hydroxylation is 1. The Morgan fingerprint density at radius 2 is 2.03 bits per heavy atom. The van der Waals surface area contributed by atoms with E-state index >= 15 is 0 Å². The Balaban J connectivity index is 1.59. The summed E-state index contributed by atoms with van der Waals surface area (Å²) in [5.41, 5.74) is 3.24. The van der Waals surface area contributed by atoms with Gasteiger partial charge in [0.2, 0.25) is 5.95 Å². The molecule has 4 rings (SSSR count). The van der Waals surface area contributed by atoms with Crippen molar-refractivity contribution in [1.29, 1.82) is 0 Å². The van der Waals surface area contributed by atoms with E-state index in [1.165, 1.54) is 11.7 Å². The lowest BCUT2D eigenvalue weighted by atomic mass is 10.00. The number of carbonyl (C=O) groups excluding carboxylic acids is 1. The molecule has 2 N–H and O–H groups in total. The third kappa shape index (κ3) is 5.23. The van der Waals surface area contributed by atoms with E-state index in [0.717, 1.165) is 37.0 Å². The van der Waals surface area contributed by atoms with Crippen LogP contribution in [-0.4, -0.2) is 47.2 Å². The Labute approximate surface area is 201 Å². The van der Waals surface area contributed by atoms with Gasteiger partial charge in [0, 0.05) is 31.2 Å². The molecule has 0 aliphatic carbocycles. The number of anilines is 3. The number of benzene rings is 1. The molecule has 1 amide bonds. The number of ether oxygens (including phenoxy) is 1. The molecule has 0 spiro atoms. The van der Waals surface area contributed by atoms with E-state index < -0.39 is 5.91 Å². The first-order chi connectivity index (χ1) is 16.4. The lowest BCUT2D eigenvalue weighted by molar-refractivity contribution is -0.133. The molecule has 0 radical (unpaired) electrons. The Morgan fingerprint density at radius 1 is 1.26 bits per heavy atom. The van der Waals surface area contributed by atoms with Crippen LogP contribution in [0.5, 0.6) is 5.75 Å². The van der Waals surface area contributed by atoms with E-state index in [9.17, 15) is 9.59 Å². The van der Waals surface area contributed by atoms with Crippen LogP contribution in [0.4, 0.5) is 17.5 Å². The zero-order valence-electron chi connectivity index (χ0n) is 19.3. The standard InChI is InChI=1S/C23H27ClN6O4/c1-14-6-8-30(9-7-14)23-25-12-17(24)21(27-23)26-16-4-5-18-15(10-16)11-19(22(32)29(18)2)34-13-20(31)28-33-3/h4-5,10-12,14H,6-9,13H2,1-3H3,(H,28,31)(H,25,26,27). The molecular formula is C23H27ClN6O4. The predicted molar refractivity (Wildman–Crippen MR) is 131 cm³/mol. The van der Waals surface area contributed by atoms with Crippen molar-refractivity contribution in [3.63, 3.8) is 0 Å². The highest BCUT2D eigenvalue weighted by molar-refractivity contribution is 6.32. The zero-order chi connectivity index (χ0) is 24.2. The first kappa shape index (κ1) is 23.8. The van der Waals surface area contributed by atoms with E-state index in [1.807, 2.05) is 18.2 Å². The van der Waals surface area contributed by atoms with Gasteiger partial charge in [-0.05, 0) is 43.0 Å². The largest absolute Gasteiger partial charge is 0.478 e. The van der Waals surface area contributed by atoms with Gasteiger partial charge in [0.05, 0.1) is 18.8 Å². The summed E-state index contributed by atoms with van der Waals surface area (Å²) in [4.78, 5) is 40.0. The number of amides is 1. The molecule has 0 atom stereocenters. The number of hydroxylamine groups is 1. The van der Waals surface area contributed by atoms with E-state index in [-0.39, 0.29) is 17.9 Å². The molecule has 1 aromatic carbocycles. The second kappa shape index (κ2) is 10.3. The van der Waals surface area contributed by atoms with Crippen LogP contribution in [0, 0.1) is 5.92 Å². The smallest absolute Gasteiger partial charge is 0.293 e. The molecule has 0 saturated carbocycles. The minimum atomic E-state index is -0.502. The molecule has 180 valence electrons. The fraction of sp³-hybridized carbons (Fsp3) is 0.391. The van der Waals surface area contributed by atoms with Gasteiger partial charge >= 0.3 is 0 Å². The minimum absolute atomic E-state index is 0.0556. The highest BCUT2D eigenvalue weighted by atomic mass is 35.5. The van der Waals surface area contributed by atoms with Crippen molar-refractivity contribution < 1.29 is 14.4 Å². The highest BCUT2D eigenvalue weighted by Gasteiger charge is 2.19. The average Bonchev–Trinajstić information content (AvgIpc) is 2.82. The Kier molecular flexibility index (Phi) is 7.18. The lowest BCUT2D eigenvalue weighted by Crippen LogP contribution is -2.34. The van der Waals surface area contributed by atoms with Gasteiger partial charge in [0.1, 0.15) is 5.02 Å². The molecule has 2 aromatic heterocycles. The van der Waals surface area contributed by atoms with Gasteiger partial charge in [0.25, 0.3) is 11.5 Å². The molecular weight excluding hydrogens is 460 g/mol. The highest BCUT2D eigenvalue weighted by Crippen LogP contribution is 2.28. The van der Waals surface area contributed by atoms with Crippen LogP contribution in [0.3, 0.4) is 0 Å². The van der Waals surface area contributed by atoms with Gasteiger partial charge in [-0.15, -0.1) is 0 Å². The van der Waals surface area contributed by atoms with Crippen molar-refractivity contribution in [3.05, 3.63) is 45.8 Å². The second-order valence-electron chi connectivity index (χ2n) is 8.33. The molecule has 0 unspecified atom stereocenters. The van der Waals surface area contributed by atoms with Crippen LogP contribution in [0.15, 0.2) is 35.3 Å². The van der Waals surface area contributed by atoms with Crippen LogP contribution >= 0.6 is 11.6 Å². The number of pyridine rings is 1. The summed E-state index contributed by atoms with van der Waals surface area (Å²) >= 11 is 6.37. The summed E-state index contributed by atoms with van der Waals surface area (Å²) in [6.45, 7) is 3.74. The maximum atomic E-state index is 12.6. The first-order valence-electron chi connectivity index (χ1n) is 11.0. The lowest BCUT2D eigenvalue weighted by Gasteiger charge is -2.30. The fourth-order valence-electron chi connectivity index (χ4n) is 3.86. The second-order valence-corrected chi connectivity index (χ2v) is 8.73. The third-order valence-electron chi connectivity index (χ3n) is 5.83. The SMILES string of the molecule is CONC(=O)COc1cc2cc(Nc3nc(N4CCC(C)CC4)ncc3Cl)ccc2n(C)c1=O. The number of piperidine rings is 1. The van der Waals surface area contributed by atoms with Gasteiger partial charge in [-0.3, -0.25) is 14.4 Å². The van der Waals surface area contributed by atoms with E-state index in [1.54, 1.807) is 19.3 Å². The quantitative estimate of drug-likeness (QED) is 0.490. The normalized spacial score (nSPS) is 14.3. The van der Waals surface area contributed by atoms with Gasteiger partial charge in [-0.2, -0.15) is 4.98 Å². The summed E-state index contributed by atoms with van der Waals surface area (Å²) in [6, 6.07) is 7.12. The van der Waals surface area contributed by atoms with Crippen molar-refractivity contribution in [2.24, 2.45) is 13.0 Å². The Bertz CT molecular complexity index is 1260. The fourth-order valence-corrected chi connectivity index (χ4v) is 4.00. The molecule has 1 aliphatic rings. The van der Waals surface area contributed by atoms with Crippen molar-refractivity contribution in [3.8, 4) is 5.75 Å². The van der Waals surface area contributed by atoms with Crippen molar-refractivity contribution in [2.45, 2.75) is 19.8 Å². The molecule has 3 aromatic rings. The number of nitrogens with one attached hydrogen (secondary N) is 2. The van der Waals surface area contributed by atoms with Crippen LogP contribution in [0.25, 0.3) is 10.9 Å². The molecule has 0 bridgehead atoms. The first-order valence-corrected chi connectivity index (χ1v) is 11.4. The van der Waals surface area contributed by atoms with Crippen molar-refractivity contribution in [2.75, 3.05) is 37.0 Å². The number of carbonyl (C=O) groups is 1. The maximum Gasteiger partial charge on any atom is 0.293 e.